The fourth-order valence-corrected chi connectivity index (χ4v) is 2.90. The summed E-state index contributed by atoms with van der Waals surface area (Å²) in [5.41, 5.74) is 1.84. The van der Waals surface area contributed by atoms with Gasteiger partial charge in [-0.15, -0.1) is 0 Å². The minimum absolute atomic E-state index is 0.0161. The molecule has 0 fully saturated rings. The molecule has 0 saturated heterocycles. The highest BCUT2D eigenvalue weighted by Crippen LogP contribution is 2.16. The van der Waals surface area contributed by atoms with Gasteiger partial charge in [-0.05, 0) is 39.3 Å². The lowest BCUT2D eigenvalue weighted by atomic mass is 10.2. The Morgan fingerprint density at radius 3 is 2.54 bits per heavy atom. The van der Waals surface area contributed by atoms with E-state index in [1.54, 1.807) is 26.1 Å². The molecule has 0 aliphatic heterocycles. The third-order valence-corrected chi connectivity index (χ3v) is 4.72. The normalized spacial score (nSPS) is 12.8. The van der Waals surface area contributed by atoms with E-state index in [4.69, 9.17) is 0 Å². The standard InChI is InChI=1S/C16H22N4O3S/c1-10(7-8-24(4,22)23)18-14-6-5-13(9-17-14)15-19-12(3)11(2)16(21)20-15/h5-6,9-10H,7-8H2,1-4H3,(H,17,18)(H,19,20,21). The van der Waals surface area contributed by atoms with Crippen LogP contribution in [0.2, 0.25) is 0 Å². The maximum atomic E-state index is 11.8. The van der Waals surface area contributed by atoms with Gasteiger partial charge >= 0.3 is 0 Å². The summed E-state index contributed by atoms with van der Waals surface area (Å²) in [4.78, 5) is 23.2. The third-order valence-electron chi connectivity index (χ3n) is 3.75. The SMILES string of the molecule is Cc1nc(-c2ccc(NC(C)CCS(C)(=O)=O)nc2)[nH]c(=O)c1C. The van der Waals surface area contributed by atoms with Gasteiger partial charge in [-0.1, -0.05) is 0 Å². The number of aromatic nitrogens is 3. The Hall–Kier alpha value is -2.22. The molecule has 0 aliphatic carbocycles. The first kappa shape index (κ1) is 18.1. The fraction of sp³-hybridized carbons (Fsp3) is 0.438. The maximum absolute atomic E-state index is 11.8. The van der Waals surface area contributed by atoms with Crippen LogP contribution in [0.5, 0.6) is 0 Å². The van der Waals surface area contributed by atoms with Crippen LogP contribution in [-0.4, -0.2) is 41.4 Å². The van der Waals surface area contributed by atoms with Crippen LogP contribution >= 0.6 is 0 Å². The first-order valence-corrected chi connectivity index (χ1v) is 9.70. The van der Waals surface area contributed by atoms with Crippen LogP contribution in [0.4, 0.5) is 5.82 Å². The number of H-pyrrole nitrogens is 1. The van der Waals surface area contributed by atoms with E-state index in [1.165, 1.54) is 6.26 Å². The summed E-state index contributed by atoms with van der Waals surface area (Å²) in [6.07, 6.45) is 3.36. The summed E-state index contributed by atoms with van der Waals surface area (Å²) in [5, 5.41) is 3.16. The number of aromatic amines is 1. The zero-order valence-electron chi connectivity index (χ0n) is 14.3. The summed E-state index contributed by atoms with van der Waals surface area (Å²) < 4.78 is 22.4. The molecular formula is C16H22N4O3S. The van der Waals surface area contributed by atoms with E-state index in [1.807, 2.05) is 13.0 Å². The van der Waals surface area contributed by atoms with Crippen molar-refractivity contribution in [2.45, 2.75) is 33.2 Å². The summed E-state index contributed by atoms with van der Waals surface area (Å²) in [7, 11) is -2.97. The molecule has 1 atom stereocenters. The minimum atomic E-state index is -2.97. The molecule has 0 radical (unpaired) electrons. The number of anilines is 1. The van der Waals surface area contributed by atoms with Crippen molar-refractivity contribution in [2.75, 3.05) is 17.3 Å². The topological polar surface area (TPSA) is 105 Å². The lowest BCUT2D eigenvalue weighted by Crippen LogP contribution is -2.20. The molecule has 0 spiro atoms. The molecule has 24 heavy (non-hydrogen) atoms. The van der Waals surface area contributed by atoms with Gasteiger partial charge in [0.1, 0.15) is 21.5 Å². The van der Waals surface area contributed by atoms with Gasteiger partial charge in [-0.2, -0.15) is 0 Å². The van der Waals surface area contributed by atoms with Crippen molar-refractivity contribution in [3.63, 3.8) is 0 Å². The van der Waals surface area contributed by atoms with E-state index in [-0.39, 0.29) is 17.4 Å². The largest absolute Gasteiger partial charge is 0.368 e. The Morgan fingerprint density at radius 2 is 2.00 bits per heavy atom. The summed E-state index contributed by atoms with van der Waals surface area (Å²) in [6.45, 7) is 5.43. The van der Waals surface area contributed by atoms with Gasteiger partial charge in [0.15, 0.2) is 0 Å². The Balaban J connectivity index is 2.09. The average Bonchev–Trinajstić information content (AvgIpc) is 2.50. The van der Waals surface area contributed by atoms with E-state index in [0.29, 0.717) is 34.9 Å². The second kappa shape index (κ2) is 7.12. The minimum Gasteiger partial charge on any atom is -0.368 e. The van der Waals surface area contributed by atoms with E-state index in [9.17, 15) is 13.2 Å². The van der Waals surface area contributed by atoms with Crippen LogP contribution in [0, 0.1) is 13.8 Å². The Bertz CT molecular complexity index is 873. The molecule has 0 aromatic carbocycles. The number of nitrogens with one attached hydrogen (secondary N) is 2. The molecule has 2 heterocycles. The van der Waals surface area contributed by atoms with Crippen LogP contribution in [0.25, 0.3) is 11.4 Å². The average molecular weight is 350 g/mol. The molecule has 1 unspecified atom stereocenters. The van der Waals surface area contributed by atoms with Gasteiger partial charge in [0.05, 0.1) is 5.75 Å². The third kappa shape index (κ3) is 4.89. The molecule has 2 rings (SSSR count). The lowest BCUT2D eigenvalue weighted by Gasteiger charge is -2.14. The molecule has 0 amide bonds. The van der Waals surface area contributed by atoms with Crippen LogP contribution in [0.15, 0.2) is 23.1 Å². The number of aryl methyl sites for hydroxylation is 1. The van der Waals surface area contributed by atoms with Crippen molar-refractivity contribution in [1.82, 2.24) is 15.0 Å². The van der Waals surface area contributed by atoms with Gasteiger partial charge in [-0.25, -0.2) is 18.4 Å². The highest BCUT2D eigenvalue weighted by atomic mass is 32.2. The number of nitrogens with zero attached hydrogens (tertiary/aromatic N) is 2. The van der Waals surface area contributed by atoms with E-state index in [0.717, 1.165) is 0 Å². The summed E-state index contributed by atoms with van der Waals surface area (Å²) in [5.74, 6) is 1.26. The first-order chi connectivity index (χ1) is 11.2. The number of hydrogen-bond donors (Lipinski definition) is 2. The van der Waals surface area contributed by atoms with Crippen molar-refractivity contribution in [2.24, 2.45) is 0 Å². The van der Waals surface area contributed by atoms with Crippen LogP contribution in [0.3, 0.4) is 0 Å². The van der Waals surface area contributed by atoms with E-state index in [2.05, 4.69) is 20.3 Å². The van der Waals surface area contributed by atoms with Crippen LogP contribution in [0.1, 0.15) is 24.6 Å². The van der Waals surface area contributed by atoms with Crippen molar-refractivity contribution >= 4 is 15.7 Å². The van der Waals surface area contributed by atoms with Crippen LogP contribution in [-0.2, 0) is 9.84 Å². The first-order valence-electron chi connectivity index (χ1n) is 7.64. The number of sulfone groups is 1. The zero-order valence-corrected chi connectivity index (χ0v) is 15.1. The predicted molar refractivity (Wildman–Crippen MR) is 95.0 cm³/mol. The number of pyridine rings is 1. The number of rotatable bonds is 6. The second-order valence-electron chi connectivity index (χ2n) is 6.02. The van der Waals surface area contributed by atoms with E-state index >= 15 is 0 Å². The van der Waals surface area contributed by atoms with Crippen molar-refractivity contribution in [1.29, 1.82) is 0 Å². The molecule has 7 nitrogen and oxygen atoms in total. The van der Waals surface area contributed by atoms with Crippen molar-refractivity contribution < 1.29 is 8.42 Å². The fourth-order valence-electron chi connectivity index (χ4n) is 2.12. The molecular weight excluding hydrogens is 328 g/mol. The van der Waals surface area contributed by atoms with Gasteiger partial charge in [0.2, 0.25) is 0 Å². The summed E-state index contributed by atoms with van der Waals surface area (Å²) >= 11 is 0. The van der Waals surface area contributed by atoms with Crippen molar-refractivity contribution in [3.05, 3.63) is 39.9 Å². The molecule has 2 aromatic rings. The summed E-state index contributed by atoms with van der Waals surface area (Å²) in [6, 6.07) is 3.57. The van der Waals surface area contributed by atoms with Gasteiger partial charge in [0, 0.05) is 35.3 Å². The van der Waals surface area contributed by atoms with Crippen molar-refractivity contribution in [3.8, 4) is 11.4 Å². The molecule has 130 valence electrons. The monoisotopic (exact) mass is 350 g/mol. The molecule has 0 bridgehead atoms. The van der Waals surface area contributed by atoms with E-state index < -0.39 is 9.84 Å². The molecule has 0 aliphatic rings. The quantitative estimate of drug-likeness (QED) is 0.821. The van der Waals surface area contributed by atoms with Crippen LogP contribution < -0.4 is 10.9 Å². The zero-order chi connectivity index (χ0) is 17.9. The second-order valence-corrected chi connectivity index (χ2v) is 8.28. The highest BCUT2D eigenvalue weighted by molar-refractivity contribution is 7.90. The Kier molecular flexibility index (Phi) is 5.38. The lowest BCUT2D eigenvalue weighted by molar-refractivity contribution is 0.595. The maximum Gasteiger partial charge on any atom is 0.254 e. The molecule has 2 aromatic heterocycles. The Labute approximate surface area is 141 Å². The highest BCUT2D eigenvalue weighted by Gasteiger charge is 2.10. The predicted octanol–water partition coefficient (Wildman–Crippen LogP) is 1.68. The Morgan fingerprint density at radius 1 is 1.29 bits per heavy atom. The number of hydrogen-bond acceptors (Lipinski definition) is 6. The smallest absolute Gasteiger partial charge is 0.254 e. The van der Waals surface area contributed by atoms with Gasteiger partial charge < -0.3 is 10.3 Å². The molecule has 0 saturated carbocycles. The van der Waals surface area contributed by atoms with Gasteiger partial charge in [0.25, 0.3) is 5.56 Å². The molecule has 2 N–H and O–H groups in total. The van der Waals surface area contributed by atoms with Gasteiger partial charge in [-0.3, -0.25) is 4.79 Å². The molecule has 8 heteroatoms.